The van der Waals surface area contributed by atoms with Crippen molar-refractivity contribution in [2.45, 2.75) is 5.75 Å². The summed E-state index contributed by atoms with van der Waals surface area (Å²) in [4.78, 5) is 14.5. The second-order valence-electron chi connectivity index (χ2n) is 7.08. The van der Waals surface area contributed by atoms with E-state index < -0.39 is 10.0 Å². The lowest BCUT2D eigenvalue weighted by Crippen LogP contribution is -2.50. The van der Waals surface area contributed by atoms with E-state index in [-0.39, 0.29) is 11.7 Å². The fraction of sp³-hybridized carbons (Fsp3) is 0.238. The van der Waals surface area contributed by atoms with Gasteiger partial charge >= 0.3 is 0 Å². The van der Waals surface area contributed by atoms with Gasteiger partial charge in [0.05, 0.1) is 23.2 Å². The van der Waals surface area contributed by atoms with Crippen molar-refractivity contribution in [3.8, 4) is 5.69 Å². The quantitative estimate of drug-likeness (QED) is 0.553. The Kier molecular flexibility index (Phi) is 6.03. The van der Waals surface area contributed by atoms with Crippen LogP contribution in [-0.4, -0.2) is 59.5 Å². The van der Waals surface area contributed by atoms with Crippen molar-refractivity contribution in [1.29, 1.82) is 0 Å². The summed E-state index contributed by atoms with van der Waals surface area (Å²) in [6, 6.07) is 16.8. The smallest absolute Gasteiger partial charge is 0.257 e. The van der Waals surface area contributed by atoms with Crippen LogP contribution in [0.15, 0.2) is 71.5 Å². The van der Waals surface area contributed by atoms with Crippen molar-refractivity contribution in [3.05, 3.63) is 82.6 Å². The summed E-state index contributed by atoms with van der Waals surface area (Å²) in [5, 5.41) is 4.28. The van der Waals surface area contributed by atoms with Gasteiger partial charge in [-0.3, -0.25) is 4.79 Å². The molecule has 1 aliphatic rings. The van der Waals surface area contributed by atoms with Gasteiger partial charge in [-0.15, -0.1) is 0 Å². The van der Waals surface area contributed by atoms with Crippen LogP contribution in [0.4, 0.5) is 0 Å². The molecule has 1 amide bonds. The number of rotatable bonds is 5. The molecule has 0 saturated carbocycles. The van der Waals surface area contributed by atoms with Crippen molar-refractivity contribution in [1.82, 2.24) is 19.0 Å². The van der Waals surface area contributed by atoms with Crippen LogP contribution < -0.4 is 0 Å². The number of hydrogen-bond acceptors (Lipinski definition) is 4. The molecule has 1 saturated heterocycles. The number of benzene rings is 2. The van der Waals surface area contributed by atoms with Crippen LogP contribution in [-0.2, 0) is 15.8 Å². The van der Waals surface area contributed by atoms with Gasteiger partial charge in [0, 0.05) is 36.8 Å². The van der Waals surface area contributed by atoms with E-state index in [1.54, 1.807) is 34.1 Å². The molecule has 0 bridgehead atoms. The van der Waals surface area contributed by atoms with Crippen LogP contribution in [0.1, 0.15) is 15.9 Å². The second kappa shape index (κ2) is 8.71. The molecule has 0 unspecified atom stereocenters. The molecule has 0 radical (unpaired) electrons. The summed E-state index contributed by atoms with van der Waals surface area (Å²) in [7, 11) is -3.41. The monoisotopic (exact) mass is 488 g/mol. The number of halogens is 1. The van der Waals surface area contributed by atoms with Gasteiger partial charge in [-0.2, -0.15) is 9.40 Å². The van der Waals surface area contributed by atoms with E-state index in [4.69, 9.17) is 0 Å². The van der Waals surface area contributed by atoms with E-state index in [2.05, 4.69) is 21.0 Å². The molecule has 1 fully saturated rings. The number of piperazine rings is 1. The van der Waals surface area contributed by atoms with Crippen molar-refractivity contribution >= 4 is 31.9 Å². The van der Waals surface area contributed by atoms with Gasteiger partial charge in [-0.05, 0) is 29.8 Å². The Hall–Kier alpha value is -2.49. The summed E-state index contributed by atoms with van der Waals surface area (Å²) in [5.41, 5.74) is 2.10. The van der Waals surface area contributed by atoms with Gasteiger partial charge in [0.2, 0.25) is 10.0 Å². The van der Waals surface area contributed by atoms with Crippen LogP contribution >= 0.6 is 15.9 Å². The summed E-state index contributed by atoms with van der Waals surface area (Å²) in [5.74, 6) is -0.166. The Morgan fingerprint density at radius 1 is 0.967 bits per heavy atom. The highest BCUT2D eigenvalue weighted by Gasteiger charge is 2.29. The predicted octanol–water partition coefficient (Wildman–Crippen LogP) is 2.92. The number of carbonyl (C=O) groups is 1. The van der Waals surface area contributed by atoms with E-state index in [0.29, 0.717) is 31.7 Å². The van der Waals surface area contributed by atoms with Crippen molar-refractivity contribution in [3.63, 3.8) is 0 Å². The maximum Gasteiger partial charge on any atom is 0.257 e. The third kappa shape index (κ3) is 4.63. The van der Waals surface area contributed by atoms with E-state index in [1.807, 2.05) is 42.5 Å². The zero-order chi connectivity index (χ0) is 21.1. The lowest BCUT2D eigenvalue weighted by Gasteiger charge is -2.33. The van der Waals surface area contributed by atoms with E-state index in [1.165, 1.54) is 4.31 Å². The predicted molar refractivity (Wildman–Crippen MR) is 118 cm³/mol. The first kappa shape index (κ1) is 20.8. The molecule has 0 atom stereocenters. The average Bonchev–Trinajstić information content (AvgIpc) is 3.24. The van der Waals surface area contributed by atoms with Gasteiger partial charge in [-0.1, -0.05) is 46.3 Å². The minimum absolute atomic E-state index is 0.0260. The lowest BCUT2D eigenvalue weighted by atomic mass is 10.2. The fourth-order valence-corrected chi connectivity index (χ4v) is 5.18. The van der Waals surface area contributed by atoms with Crippen molar-refractivity contribution in [2.75, 3.05) is 26.2 Å². The Morgan fingerprint density at radius 2 is 1.63 bits per heavy atom. The SMILES string of the molecule is O=C(c1cnn(-c2ccc(Br)cc2)c1)N1CCN(S(=O)(=O)Cc2ccccc2)CC1. The van der Waals surface area contributed by atoms with Crippen molar-refractivity contribution in [2.24, 2.45) is 0 Å². The number of hydrogen-bond donors (Lipinski definition) is 0. The number of carbonyl (C=O) groups excluding carboxylic acids is 1. The minimum atomic E-state index is -3.41. The minimum Gasteiger partial charge on any atom is -0.336 e. The third-order valence-corrected chi connectivity index (χ3v) is 7.41. The largest absolute Gasteiger partial charge is 0.336 e. The molecule has 9 heteroatoms. The summed E-state index contributed by atoms with van der Waals surface area (Å²) in [6.07, 6.45) is 3.24. The topological polar surface area (TPSA) is 75.5 Å². The Bertz CT molecular complexity index is 1120. The Balaban J connectivity index is 1.38. The highest BCUT2D eigenvalue weighted by molar-refractivity contribution is 9.10. The summed E-state index contributed by atoms with van der Waals surface area (Å²) < 4.78 is 29.5. The molecule has 2 aromatic carbocycles. The second-order valence-corrected chi connectivity index (χ2v) is 9.97. The molecule has 1 aliphatic heterocycles. The normalized spacial score (nSPS) is 15.3. The first-order chi connectivity index (χ1) is 14.4. The first-order valence-corrected chi connectivity index (χ1v) is 11.9. The van der Waals surface area contributed by atoms with Crippen molar-refractivity contribution < 1.29 is 13.2 Å². The molecule has 4 rings (SSSR count). The Morgan fingerprint density at radius 3 is 2.30 bits per heavy atom. The third-order valence-electron chi connectivity index (χ3n) is 5.03. The molecule has 2 heterocycles. The van der Waals surface area contributed by atoms with Gasteiger partial charge in [0.25, 0.3) is 5.91 Å². The molecule has 0 spiro atoms. The summed E-state index contributed by atoms with van der Waals surface area (Å²) >= 11 is 3.40. The molecule has 1 aromatic heterocycles. The fourth-order valence-electron chi connectivity index (χ4n) is 3.40. The number of sulfonamides is 1. The Labute approximate surface area is 184 Å². The maximum absolute atomic E-state index is 12.8. The van der Waals surface area contributed by atoms with Gasteiger partial charge in [-0.25, -0.2) is 13.1 Å². The highest BCUT2D eigenvalue weighted by atomic mass is 79.9. The van der Waals surface area contributed by atoms with E-state index >= 15 is 0 Å². The van der Waals surface area contributed by atoms with E-state index in [9.17, 15) is 13.2 Å². The van der Waals surface area contributed by atoms with Gasteiger partial charge in [0.1, 0.15) is 0 Å². The molecule has 0 N–H and O–H groups in total. The molecular formula is C21H21BrN4O3S. The zero-order valence-electron chi connectivity index (χ0n) is 16.2. The van der Waals surface area contributed by atoms with Crippen LogP contribution in [0, 0.1) is 0 Å². The average molecular weight is 489 g/mol. The highest BCUT2D eigenvalue weighted by Crippen LogP contribution is 2.17. The van der Waals surface area contributed by atoms with Gasteiger partial charge in [0.15, 0.2) is 0 Å². The van der Waals surface area contributed by atoms with Gasteiger partial charge < -0.3 is 4.90 Å². The molecule has 30 heavy (non-hydrogen) atoms. The first-order valence-electron chi connectivity index (χ1n) is 9.54. The summed E-state index contributed by atoms with van der Waals surface area (Å²) in [6.45, 7) is 1.30. The van der Waals surface area contributed by atoms with Crippen LogP contribution in [0.3, 0.4) is 0 Å². The maximum atomic E-state index is 12.8. The lowest BCUT2D eigenvalue weighted by molar-refractivity contribution is 0.0697. The van der Waals surface area contributed by atoms with Crippen LogP contribution in [0.25, 0.3) is 5.69 Å². The molecular weight excluding hydrogens is 468 g/mol. The molecule has 7 nitrogen and oxygen atoms in total. The van der Waals surface area contributed by atoms with E-state index in [0.717, 1.165) is 15.7 Å². The number of aromatic nitrogens is 2. The van der Waals surface area contributed by atoms with Crippen LogP contribution in [0.2, 0.25) is 0 Å². The zero-order valence-corrected chi connectivity index (χ0v) is 18.6. The van der Waals surface area contributed by atoms with Crippen LogP contribution in [0.5, 0.6) is 0 Å². The standard InChI is InChI=1S/C21H21BrN4O3S/c22-19-6-8-20(9-7-19)26-15-18(14-23-26)21(27)24-10-12-25(13-11-24)30(28,29)16-17-4-2-1-3-5-17/h1-9,14-15H,10-13,16H2. The number of amides is 1. The molecule has 156 valence electrons. The number of nitrogens with zero attached hydrogens (tertiary/aromatic N) is 4. The molecule has 3 aromatic rings. The molecule has 0 aliphatic carbocycles.